The van der Waals surface area contributed by atoms with Crippen LogP contribution in [0.5, 0.6) is 0 Å². The van der Waals surface area contributed by atoms with Gasteiger partial charge in [-0.25, -0.2) is 22.8 Å². The van der Waals surface area contributed by atoms with Crippen molar-refractivity contribution in [2.24, 2.45) is 16.6 Å². The lowest BCUT2D eigenvalue weighted by molar-refractivity contribution is -0.139. The number of alkyl halides is 2. The van der Waals surface area contributed by atoms with Gasteiger partial charge >= 0.3 is 5.97 Å². The van der Waals surface area contributed by atoms with E-state index in [9.17, 15) is 18.0 Å². The third-order valence-corrected chi connectivity index (χ3v) is 5.24. The summed E-state index contributed by atoms with van der Waals surface area (Å²) < 4.78 is 43.7. The van der Waals surface area contributed by atoms with Crippen LogP contribution in [0.3, 0.4) is 0 Å². The molecular formula is C17H18F3N5O3S. The lowest BCUT2D eigenvalue weighted by Crippen LogP contribution is -2.48. The molecule has 0 radical (unpaired) electrons. The molecule has 1 saturated heterocycles. The molecule has 1 aliphatic heterocycles. The van der Waals surface area contributed by atoms with Crippen molar-refractivity contribution in [2.75, 3.05) is 25.4 Å². The SMILES string of the molecule is NC(=Nc1ccc(F)c(C(F)F)c1)c1nonc1SCCN1CC(CC(=O)O)C1. The normalized spacial score (nSPS) is 15.7. The molecule has 156 valence electrons. The summed E-state index contributed by atoms with van der Waals surface area (Å²) in [5, 5.41) is 16.6. The van der Waals surface area contributed by atoms with Crippen LogP contribution in [0.1, 0.15) is 24.1 Å². The fourth-order valence-corrected chi connectivity index (χ4v) is 3.81. The molecular weight excluding hydrogens is 411 g/mol. The third kappa shape index (κ3) is 5.48. The quantitative estimate of drug-likeness (QED) is 0.355. The number of nitrogens with zero attached hydrogens (tertiary/aromatic N) is 4. The van der Waals surface area contributed by atoms with Gasteiger partial charge in [-0.15, -0.1) is 0 Å². The Kier molecular flexibility index (Phi) is 6.75. The summed E-state index contributed by atoms with van der Waals surface area (Å²) >= 11 is 1.33. The van der Waals surface area contributed by atoms with Crippen LogP contribution >= 0.6 is 11.8 Å². The fraction of sp³-hybridized carbons (Fsp3) is 0.412. The zero-order chi connectivity index (χ0) is 21.0. The van der Waals surface area contributed by atoms with E-state index in [1.54, 1.807) is 0 Å². The predicted molar refractivity (Wildman–Crippen MR) is 98.9 cm³/mol. The van der Waals surface area contributed by atoms with Crippen LogP contribution in [0, 0.1) is 11.7 Å². The van der Waals surface area contributed by atoms with Crippen molar-refractivity contribution in [1.82, 2.24) is 15.2 Å². The highest BCUT2D eigenvalue weighted by atomic mass is 32.2. The number of aromatic nitrogens is 2. The van der Waals surface area contributed by atoms with Crippen LogP contribution in [0.15, 0.2) is 32.8 Å². The first-order valence-corrected chi connectivity index (χ1v) is 9.63. The minimum absolute atomic E-state index is 0.0585. The maximum absolute atomic E-state index is 13.4. The molecule has 0 bridgehead atoms. The molecule has 0 atom stereocenters. The molecule has 3 rings (SSSR count). The van der Waals surface area contributed by atoms with E-state index in [-0.39, 0.29) is 29.6 Å². The molecule has 2 aromatic rings. The first-order valence-electron chi connectivity index (χ1n) is 8.65. The van der Waals surface area contributed by atoms with E-state index in [1.165, 1.54) is 17.8 Å². The van der Waals surface area contributed by atoms with Gasteiger partial charge in [-0.3, -0.25) is 4.79 Å². The van der Waals surface area contributed by atoms with Crippen molar-refractivity contribution in [1.29, 1.82) is 0 Å². The van der Waals surface area contributed by atoms with Gasteiger partial charge in [0.1, 0.15) is 5.82 Å². The van der Waals surface area contributed by atoms with Crippen molar-refractivity contribution in [2.45, 2.75) is 17.9 Å². The van der Waals surface area contributed by atoms with Crippen LogP contribution in [0.2, 0.25) is 0 Å². The lowest BCUT2D eigenvalue weighted by Gasteiger charge is -2.38. The molecule has 29 heavy (non-hydrogen) atoms. The number of thioether (sulfide) groups is 1. The first kappa shape index (κ1) is 21.1. The Morgan fingerprint density at radius 2 is 2.17 bits per heavy atom. The molecule has 1 fully saturated rings. The summed E-state index contributed by atoms with van der Waals surface area (Å²) in [5.41, 5.74) is 5.37. The smallest absolute Gasteiger partial charge is 0.303 e. The number of carboxylic acid groups (broad SMARTS) is 1. The molecule has 1 aliphatic rings. The molecule has 3 N–H and O–H groups in total. The molecule has 0 aliphatic carbocycles. The summed E-state index contributed by atoms with van der Waals surface area (Å²) in [5.74, 6) is -1.09. The third-order valence-electron chi connectivity index (χ3n) is 4.31. The number of hydrogen-bond acceptors (Lipinski definition) is 7. The Morgan fingerprint density at radius 1 is 1.41 bits per heavy atom. The average molecular weight is 429 g/mol. The standard InChI is InChI=1S/C17H18F3N5O3S/c18-12-2-1-10(6-11(12)15(19)20)22-16(21)14-17(24-28-23-14)29-4-3-25-7-9(8-25)5-13(26)27/h1-2,6,9,15H,3-5,7-8H2,(H2,21,22)(H,26,27). The van der Waals surface area contributed by atoms with E-state index < -0.39 is 23.8 Å². The maximum Gasteiger partial charge on any atom is 0.303 e. The van der Waals surface area contributed by atoms with Gasteiger partial charge < -0.3 is 15.7 Å². The van der Waals surface area contributed by atoms with E-state index in [0.717, 1.165) is 31.8 Å². The molecule has 1 aromatic carbocycles. The van der Waals surface area contributed by atoms with E-state index in [2.05, 4.69) is 20.2 Å². The zero-order valence-electron chi connectivity index (χ0n) is 15.1. The van der Waals surface area contributed by atoms with Gasteiger partial charge in [0.15, 0.2) is 16.6 Å². The number of likely N-dealkylation sites (tertiary alicyclic amines) is 1. The largest absolute Gasteiger partial charge is 0.481 e. The van der Waals surface area contributed by atoms with Gasteiger partial charge in [-0.05, 0) is 34.4 Å². The van der Waals surface area contributed by atoms with Crippen molar-refractivity contribution >= 4 is 29.3 Å². The highest BCUT2D eigenvalue weighted by molar-refractivity contribution is 7.99. The van der Waals surface area contributed by atoms with E-state index in [1.807, 2.05) is 0 Å². The van der Waals surface area contributed by atoms with Crippen LogP contribution < -0.4 is 5.73 Å². The van der Waals surface area contributed by atoms with Crippen molar-refractivity contribution in [3.05, 3.63) is 35.3 Å². The highest BCUT2D eigenvalue weighted by Gasteiger charge is 2.28. The zero-order valence-corrected chi connectivity index (χ0v) is 15.9. The highest BCUT2D eigenvalue weighted by Crippen LogP contribution is 2.27. The van der Waals surface area contributed by atoms with Crippen molar-refractivity contribution in [3.63, 3.8) is 0 Å². The molecule has 0 amide bonds. The Labute approximate surface area is 167 Å². The van der Waals surface area contributed by atoms with Crippen LogP contribution in [0.4, 0.5) is 18.9 Å². The fourth-order valence-electron chi connectivity index (χ4n) is 2.90. The number of carboxylic acids is 1. The minimum atomic E-state index is -2.97. The number of halogens is 3. The average Bonchev–Trinajstić information content (AvgIpc) is 3.09. The van der Waals surface area contributed by atoms with Gasteiger partial charge in [0, 0.05) is 25.4 Å². The summed E-state index contributed by atoms with van der Waals surface area (Å²) in [6.07, 6.45) is -2.80. The number of carbonyl (C=O) groups is 1. The van der Waals surface area contributed by atoms with Gasteiger partial charge in [0.25, 0.3) is 6.43 Å². The van der Waals surface area contributed by atoms with Gasteiger partial charge in [-0.2, -0.15) is 0 Å². The first-order chi connectivity index (χ1) is 13.8. The summed E-state index contributed by atoms with van der Waals surface area (Å²) in [6.45, 7) is 2.19. The minimum Gasteiger partial charge on any atom is -0.481 e. The summed E-state index contributed by atoms with van der Waals surface area (Å²) in [7, 11) is 0. The Morgan fingerprint density at radius 3 is 2.86 bits per heavy atom. The number of aliphatic imine (C=N–C) groups is 1. The second-order valence-corrected chi connectivity index (χ2v) is 7.58. The number of rotatable bonds is 9. The van der Waals surface area contributed by atoms with E-state index in [4.69, 9.17) is 15.5 Å². The molecule has 0 spiro atoms. The Bertz CT molecular complexity index is 902. The second kappa shape index (κ2) is 9.27. The summed E-state index contributed by atoms with van der Waals surface area (Å²) in [4.78, 5) is 16.8. The number of benzene rings is 1. The molecule has 2 heterocycles. The number of nitrogens with two attached hydrogens (primary N) is 1. The molecule has 12 heteroatoms. The number of aliphatic carboxylic acids is 1. The Balaban J connectivity index is 1.57. The number of hydrogen-bond donors (Lipinski definition) is 2. The van der Waals surface area contributed by atoms with Gasteiger partial charge in [-0.1, -0.05) is 11.8 Å². The molecule has 0 saturated carbocycles. The molecule has 0 unspecified atom stereocenters. The molecule has 1 aromatic heterocycles. The molecule has 8 nitrogen and oxygen atoms in total. The van der Waals surface area contributed by atoms with Crippen LogP contribution in [-0.4, -0.2) is 57.5 Å². The topological polar surface area (TPSA) is 118 Å². The monoisotopic (exact) mass is 429 g/mol. The van der Waals surface area contributed by atoms with Crippen LogP contribution in [0.25, 0.3) is 0 Å². The Hall–Kier alpha value is -2.60. The lowest BCUT2D eigenvalue weighted by atomic mass is 9.97. The number of amidine groups is 1. The van der Waals surface area contributed by atoms with Crippen LogP contribution in [-0.2, 0) is 4.79 Å². The van der Waals surface area contributed by atoms with Gasteiger partial charge in [0.2, 0.25) is 0 Å². The second-order valence-electron chi connectivity index (χ2n) is 6.49. The van der Waals surface area contributed by atoms with Crippen molar-refractivity contribution < 1.29 is 27.7 Å². The van der Waals surface area contributed by atoms with Gasteiger partial charge in [0.05, 0.1) is 17.7 Å². The van der Waals surface area contributed by atoms with E-state index >= 15 is 0 Å². The summed E-state index contributed by atoms with van der Waals surface area (Å²) in [6, 6.07) is 3.05. The predicted octanol–water partition coefficient (Wildman–Crippen LogP) is 2.68. The van der Waals surface area contributed by atoms with E-state index in [0.29, 0.717) is 10.8 Å². The maximum atomic E-state index is 13.4. The van der Waals surface area contributed by atoms with Crippen molar-refractivity contribution in [3.8, 4) is 0 Å².